The predicted octanol–water partition coefficient (Wildman–Crippen LogP) is 2.77. The van der Waals surface area contributed by atoms with E-state index >= 15 is 0 Å². The Balaban J connectivity index is 1.51. The molecule has 1 aliphatic heterocycles. The number of rotatable bonds is 6. The van der Waals surface area contributed by atoms with Crippen LogP contribution in [0.5, 0.6) is 0 Å². The highest BCUT2D eigenvalue weighted by molar-refractivity contribution is 7.99. The summed E-state index contributed by atoms with van der Waals surface area (Å²) in [5.74, 6) is 4.77. The van der Waals surface area contributed by atoms with E-state index in [4.69, 9.17) is 0 Å². The largest absolute Gasteiger partial charge is 0.369 e. The lowest BCUT2D eigenvalue weighted by Gasteiger charge is -2.12. The first kappa shape index (κ1) is 11.8. The fourth-order valence-electron chi connectivity index (χ4n) is 2.39. The molecule has 5 heteroatoms. The van der Waals surface area contributed by atoms with Gasteiger partial charge in [0.25, 0.3) is 0 Å². The summed E-state index contributed by atoms with van der Waals surface area (Å²) in [5.41, 5.74) is 1.23. The maximum absolute atomic E-state index is 4.69. The maximum Gasteiger partial charge on any atom is 0.224 e. The molecule has 19 heavy (non-hydrogen) atoms. The van der Waals surface area contributed by atoms with Crippen molar-refractivity contribution in [2.24, 2.45) is 11.8 Å². The van der Waals surface area contributed by atoms with Crippen LogP contribution in [-0.4, -0.2) is 28.8 Å². The van der Waals surface area contributed by atoms with Gasteiger partial charge in [-0.3, -0.25) is 0 Å². The lowest BCUT2D eigenvalue weighted by molar-refractivity contribution is 0.849. The predicted molar refractivity (Wildman–Crippen MR) is 78.9 cm³/mol. The summed E-state index contributed by atoms with van der Waals surface area (Å²) in [7, 11) is 0. The molecule has 0 unspecified atom stereocenters. The van der Waals surface area contributed by atoms with Crippen molar-refractivity contribution >= 4 is 23.5 Å². The molecule has 2 N–H and O–H groups in total. The fourth-order valence-corrected chi connectivity index (χ4v) is 3.46. The molecule has 0 saturated heterocycles. The van der Waals surface area contributed by atoms with Gasteiger partial charge in [-0.2, -0.15) is 4.98 Å². The topological polar surface area (TPSA) is 49.8 Å². The molecule has 0 spiro atoms. The van der Waals surface area contributed by atoms with Crippen molar-refractivity contribution in [3.63, 3.8) is 0 Å². The van der Waals surface area contributed by atoms with Crippen LogP contribution in [0, 0.1) is 11.8 Å². The third-order valence-electron chi connectivity index (χ3n) is 4.02. The standard InChI is InChI=1S/C14H20N4S/c1-2-9(1)7-15-13-12-11(5-6-19-12)17-14(18-13)16-8-10-3-4-10/h9-10H,1-8H2,(H2,15,16,17,18). The zero-order valence-electron chi connectivity index (χ0n) is 11.1. The number of hydrogen-bond acceptors (Lipinski definition) is 5. The zero-order chi connectivity index (χ0) is 12.7. The van der Waals surface area contributed by atoms with Crippen LogP contribution in [0.1, 0.15) is 31.4 Å². The Morgan fingerprint density at radius 2 is 1.74 bits per heavy atom. The molecule has 0 bridgehead atoms. The van der Waals surface area contributed by atoms with Gasteiger partial charge in [0.1, 0.15) is 5.82 Å². The van der Waals surface area contributed by atoms with Gasteiger partial charge in [-0.25, -0.2) is 4.98 Å². The van der Waals surface area contributed by atoms with Crippen molar-refractivity contribution < 1.29 is 0 Å². The summed E-state index contributed by atoms with van der Waals surface area (Å²) in [4.78, 5) is 10.7. The Kier molecular flexibility index (Phi) is 3.02. The molecule has 1 aromatic heterocycles. The second-order valence-corrected chi connectivity index (χ2v) is 7.02. The molecule has 0 amide bonds. The summed E-state index contributed by atoms with van der Waals surface area (Å²) in [6.45, 7) is 2.11. The van der Waals surface area contributed by atoms with Gasteiger partial charge in [0.15, 0.2) is 0 Å². The van der Waals surface area contributed by atoms with E-state index in [0.717, 1.165) is 48.9 Å². The molecule has 2 saturated carbocycles. The molecular formula is C14H20N4S. The van der Waals surface area contributed by atoms with Crippen molar-refractivity contribution in [2.75, 3.05) is 29.5 Å². The van der Waals surface area contributed by atoms with Gasteiger partial charge in [0, 0.05) is 25.3 Å². The van der Waals surface area contributed by atoms with Crippen LogP contribution < -0.4 is 10.6 Å². The third kappa shape index (κ3) is 2.81. The minimum Gasteiger partial charge on any atom is -0.369 e. The number of thioether (sulfide) groups is 1. The fraction of sp³-hybridized carbons (Fsp3) is 0.714. The van der Waals surface area contributed by atoms with Gasteiger partial charge in [-0.05, 0) is 37.5 Å². The Bertz CT molecular complexity index is 483. The second kappa shape index (κ2) is 4.85. The highest BCUT2D eigenvalue weighted by Crippen LogP contribution is 2.37. The van der Waals surface area contributed by atoms with Crippen LogP contribution in [0.2, 0.25) is 0 Å². The SMILES string of the molecule is C1Cc2nc(NCC3CC3)nc(NCC3CC3)c2S1. The molecule has 2 fully saturated rings. The van der Waals surface area contributed by atoms with Crippen molar-refractivity contribution in [3.05, 3.63) is 5.69 Å². The zero-order valence-corrected chi connectivity index (χ0v) is 11.9. The molecular weight excluding hydrogens is 256 g/mol. The van der Waals surface area contributed by atoms with E-state index in [2.05, 4.69) is 20.6 Å². The third-order valence-corrected chi connectivity index (χ3v) is 5.15. The Hall–Kier alpha value is -0.970. The maximum atomic E-state index is 4.69. The van der Waals surface area contributed by atoms with Crippen LogP contribution in [0.25, 0.3) is 0 Å². The molecule has 2 aliphatic carbocycles. The molecule has 2 heterocycles. The normalized spacial score (nSPS) is 21.3. The minimum absolute atomic E-state index is 0.825. The highest BCUT2D eigenvalue weighted by Gasteiger charge is 2.25. The summed E-state index contributed by atoms with van der Waals surface area (Å²) in [6, 6.07) is 0. The van der Waals surface area contributed by atoms with Crippen molar-refractivity contribution in [2.45, 2.75) is 37.0 Å². The summed E-state index contributed by atoms with van der Waals surface area (Å²) in [5, 5.41) is 6.95. The lowest BCUT2D eigenvalue weighted by atomic mass is 10.3. The number of nitrogens with one attached hydrogen (secondary N) is 2. The number of aromatic nitrogens is 2. The van der Waals surface area contributed by atoms with E-state index in [1.54, 1.807) is 0 Å². The molecule has 3 aliphatic rings. The molecule has 102 valence electrons. The summed E-state index contributed by atoms with van der Waals surface area (Å²) < 4.78 is 0. The Morgan fingerprint density at radius 1 is 1.00 bits per heavy atom. The van der Waals surface area contributed by atoms with Crippen LogP contribution in [0.15, 0.2) is 4.90 Å². The van der Waals surface area contributed by atoms with Gasteiger partial charge >= 0.3 is 0 Å². The Labute approximate surface area is 118 Å². The van der Waals surface area contributed by atoms with E-state index in [9.17, 15) is 0 Å². The molecule has 0 atom stereocenters. The first-order chi connectivity index (χ1) is 9.38. The monoisotopic (exact) mass is 276 g/mol. The van der Waals surface area contributed by atoms with Crippen molar-refractivity contribution in [1.82, 2.24) is 9.97 Å². The van der Waals surface area contributed by atoms with Gasteiger partial charge in [0.2, 0.25) is 5.95 Å². The highest BCUT2D eigenvalue weighted by atomic mass is 32.2. The van der Waals surface area contributed by atoms with E-state index in [0.29, 0.717) is 0 Å². The number of fused-ring (bicyclic) bond motifs is 1. The van der Waals surface area contributed by atoms with E-state index in [1.807, 2.05) is 11.8 Å². The van der Waals surface area contributed by atoms with Crippen molar-refractivity contribution in [3.8, 4) is 0 Å². The summed E-state index contributed by atoms with van der Waals surface area (Å²) in [6.07, 6.45) is 6.56. The Morgan fingerprint density at radius 3 is 2.47 bits per heavy atom. The molecule has 0 radical (unpaired) electrons. The van der Waals surface area contributed by atoms with Crippen LogP contribution in [0.3, 0.4) is 0 Å². The van der Waals surface area contributed by atoms with Gasteiger partial charge in [0.05, 0.1) is 10.6 Å². The number of hydrogen-bond donors (Lipinski definition) is 2. The quantitative estimate of drug-likeness (QED) is 0.836. The second-order valence-electron chi connectivity index (χ2n) is 5.92. The van der Waals surface area contributed by atoms with E-state index < -0.39 is 0 Å². The summed E-state index contributed by atoms with van der Waals surface area (Å²) >= 11 is 1.90. The molecule has 0 aromatic carbocycles. The molecule has 1 aromatic rings. The van der Waals surface area contributed by atoms with Gasteiger partial charge in [-0.15, -0.1) is 11.8 Å². The van der Waals surface area contributed by atoms with Gasteiger partial charge < -0.3 is 10.6 Å². The molecule has 4 nitrogen and oxygen atoms in total. The number of anilines is 2. The average Bonchev–Trinajstić information content (AvgIpc) is 3.33. The molecule has 4 rings (SSSR count). The van der Waals surface area contributed by atoms with Crippen LogP contribution >= 0.6 is 11.8 Å². The van der Waals surface area contributed by atoms with E-state index in [-0.39, 0.29) is 0 Å². The first-order valence-electron chi connectivity index (χ1n) is 7.40. The number of aryl methyl sites for hydroxylation is 1. The van der Waals surface area contributed by atoms with E-state index in [1.165, 1.54) is 36.3 Å². The van der Waals surface area contributed by atoms with Gasteiger partial charge in [-0.1, -0.05) is 0 Å². The van der Waals surface area contributed by atoms with Crippen molar-refractivity contribution in [1.29, 1.82) is 0 Å². The minimum atomic E-state index is 0.825. The van der Waals surface area contributed by atoms with Crippen LogP contribution in [0.4, 0.5) is 11.8 Å². The van der Waals surface area contributed by atoms with Crippen LogP contribution in [-0.2, 0) is 6.42 Å². The smallest absolute Gasteiger partial charge is 0.224 e. The first-order valence-corrected chi connectivity index (χ1v) is 8.38. The number of nitrogens with zero attached hydrogens (tertiary/aromatic N) is 2. The lowest BCUT2D eigenvalue weighted by Crippen LogP contribution is -2.12. The average molecular weight is 276 g/mol.